The van der Waals surface area contributed by atoms with Gasteiger partial charge in [-0.1, -0.05) is 0 Å². The first-order valence-corrected chi connectivity index (χ1v) is 5.82. The van der Waals surface area contributed by atoms with Crippen molar-refractivity contribution < 1.29 is 5.11 Å². The largest absolute Gasteiger partial charge is 0.396 e. The van der Waals surface area contributed by atoms with E-state index in [9.17, 15) is 0 Å². The Bertz CT molecular complexity index is 427. The van der Waals surface area contributed by atoms with Crippen LogP contribution in [0.1, 0.15) is 37.2 Å². The predicted molar refractivity (Wildman–Crippen MR) is 67.5 cm³/mol. The van der Waals surface area contributed by atoms with E-state index in [4.69, 9.17) is 10.4 Å². The molecule has 0 atom stereocenters. The molecule has 0 unspecified atom stereocenters. The highest BCUT2D eigenvalue weighted by atomic mass is 16.3. The summed E-state index contributed by atoms with van der Waals surface area (Å²) >= 11 is 0. The average molecular weight is 235 g/mol. The lowest BCUT2D eigenvalue weighted by atomic mass is 10.0. The summed E-state index contributed by atoms with van der Waals surface area (Å²) < 4.78 is 1.90. The normalized spacial score (nSPS) is 11.5. The van der Waals surface area contributed by atoms with Crippen molar-refractivity contribution in [3.63, 3.8) is 0 Å². The molecule has 0 bridgehead atoms. The lowest BCUT2D eigenvalue weighted by Gasteiger charge is -2.25. The third kappa shape index (κ3) is 3.32. The fraction of sp³-hybridized carbons (Fsp3) is 0.615. The van der Waals surface area contributed by atoms with Crippen LogP contribution >= 0.6 is 0 Å². The number of nitriles is 1. The Morgan fingerprint density at radius 1 is 1.53 bits per heavy atom. The predicted octanol–water partition coefficient (Wildman–Crippen LogP) is 1.46. The van der Waals surface area contributed by atoms with E-state index in [2.05, 4.69) is 25.2 Å². The second-order valence-electron chi connectivity index (χ2n) is 5.02. The summed E-state index contributed by atoms with van der Waals surface area (Å²) in [5.41, 5.74) is 2.83. The van der Waals surface area contributed by atoms with E-state index in [1.165, 1.54) is 0 Å². The van der Waals surface area contributed by atoms with Crippen LogP contribution in [0.25, 0.3) is 0 Å². The molecule has 0 aliphatic heterocycles. The summed E-state index contributed by atoms with van der Waals surface area (Å²) in [5.74, 6) is 0. The number of nitrogens with zero attached hydrogens (tertiary/aromatic N) is 2. The molecule has 0 radical (unpaired) electrons. The van der Waals surface area contributed by atoms with Crippen LogP contribution < -0.4 is 5.32 Å². The molecule has 0 fully saturated rings. The van der Waals surface area contributed by atoms with Crippen molar-refractivity contribution in [3.8, 4) is 6.07 Å². The zero-order chi connectivity index (χ0) is 13.1. The summed E-state index contributed by atoms with van der Waals surface area (Å²) in [4.78, 5) is 0. The fourth-order valence-corrected chi connectivity index (χ4v) is 1.75. The van der Waals surface area contributed by atoms with E-state index in [1.54, 1.807) is 0 Å². The lowest BCUT2D eigenvalue weighted by molar-refractivity contribution is 0.230. The Hall–Kier alpha value is -1.31. The quantitative estimate of drug-likeness (QED) is 0.812. The molecular weight excluding hydrogens is 214 g/mol. The summed E-state index contributed by atoms with van der Waals surface area (Å²) in [7, 11) is 1.90. The lowest BCUT2D eigenvalue weighted by Crippen LogP contribution is -2.39. The van der Waals surface area contributed by atoms with Crippen LogP contribution in [0.5, 0.6) is 0 Å². The van der Waals surface area contributed by atoms with Crippen LogP contribution in [0.4, 0.5) is 0 Å². The standard InChI is InChI=1S/C13H21N3O/c1-10-11(7-12(8-14)16(10)4)9-15-13(2,3)5-6-17/h7,15,17H,5-6,9H2,1-4H3. The van der Waals surface area contributed by atoms with Crippen molar-refractivity contribution in [3.05, 3.63) is 23.0 Å². The van der Waals surface area contributed by atoms with E-state index in [1.807, 2.05) is 24.6 Å². The van der Waals surface area contributed by atoms with Gasteiger partial charge in [-0.3, -0.25) is 0 Å². The molecule has 1 aromatic heterocycles. The Morgan fingerprint density at radius 3 is 2.65 bits per heavy atom. The Balaban J connectivity index is 2.74. The van der Waals surface area contributed by atoms with Crippen LogP contribution in [0, 0.1) is 18.3 Å². The van der Waals surface area contributed by atoms with Gasteiger partial charge in [-0.15, -0.1) is 0 Å². The van der Waals surface area contributed by atoms with E-state index < -0.39 is 0 Å². The number of aliphatic hydroxyl groups is 1. The first-order chi connectivity index (χ1) is 7.91. The van der Waals surface area contributed by atoms with Crippen molar-refractivity contribution >= 4 is 0 Å². The highest BCUT2D eigenvalue weighted by molar-refractivity contribution is 5.34. The molecule has 1 rings (SSSR count). The van der Waals surface area contributed by atoms with Gasteiger partial charge < -0.3 is 15.0 Å². The van der Waals surface area contributed by atoms with E-state index in [0.717, 1.165) is 11.3 Å². The minimum Gasteiger partial charge on any atom is -0.396 e. The zero-order valence-electron chi connectivity index (χ0n) is 11.0. The minimum atomic E-state index is -0.0934. The highest BCUT2D eigenvalue weighted by Crippen LogP contribution is 2.15. The Labute approximate surface area is 103 Å². The maximum absolute atomic E-state index is 8.95. The third-order valence-electron chi connectivity index (χ3n) is 3.25. The number of rotatable bonds is 5. The molecule has 0 saturated heterocycles. The van der Waals surface area contributed by atoms with Gasteiger partial charge in [0, 0.05) is 31.4 Å². The first kappa shape index (κ1) is 13.8. The van der Waals surface area contributed by atoms with Gasteiger partial charge in [0.25, 0.3) is 0 Å². The van der Waals surface area contributed by atoms with E-state index >= 15 is 0 Å². The van der Waals surface area contributed by atoms with Gasteiger partial charge in [0.15, 0.2) is 0 Å². The third-order valence-corrected chi connectivity index (χ3v) is 3.25. The van der Waals surface area contributed by atoms with E-state index in [0.29, 0.717) is 18.7 Å². The van der Waals surface area contributed by atoms with Gasteiger partial charge in [-0.05, 0) is 38.8 Å². The van der Waals surface area contributed by atoms with Crippen LogP contribution in [-0.4, -0.2) is 21.8 Å². The average Bonchev–Trinajstić information content (AvgIpc) is 2.53. The molecule has 94 valence electrons. The van der Waals surface area contributed by atoms with Gasteiger partial charge in [-0.25, -0.2) is 0 Å². The first-order valence-electron chi connectivity index (χ1n) is 5.82. The smallest absolute Gasteiger partial charge is 0.120 e. The number of hydrogen-bond donors (Lipinski definition) is 2. The van der Waals surface area contributed by atoms with Crippen LogP contribution in [0.15, 0.2) is 6.07 Å². The molecule has 0 amide bonds. The second-order valence-corrected chi connectivity index (χ2v) is 5.02. The van der Waals surface area contributed by atoms with Gasteiger partial charge in [-0.2, -0.15) is 5.26 Å². The molecule has 1 aromatic rings. The SMILES string of the molecule is Cc1c(CNC(C)(C)CCO)cc(C#N)n1C. The molecular formula is C13H21N3O. The van der Waals surface area contributed by atoms with Gasteiger partial charge >= 0.3 is 0 Å². The molecule has 1 heterocycles. The molecule has 17 heavy (non-hydrogen) atoms. The summed E-state index contributed by atoms with van der Waals surface area (Å²) in [6.07, 6.45) is 0.712. The summed E-state index contributed by atoms with van der Waals surface area (Å²) in [6, 6.07) is 4.09. The van der Waals surface area contributed by atoms with Crippen molar-refractivity contribution in [1.29, 1.82) is 5.26 Å². The van der Waals surface area contributed by atoms with Gasteiger partial charge in [0.2, 0.25) is 0 Å². The summed E-state index contributed by atoms with van der Waals surface area (Å²) in [5, 5.41) is 21.3. The molecule has 0 spiro atoms. The molecule has 0 aromatic carbocycles. The number of nitrogens with one attached hydrogen (secondary N) is 1. The Morgan fingerprint density at radius 2 is 2.18 bits per heavy atom. The second kappa shape index (κ2) is 5.35. The summed E-state index contributed by atoms with van der Waals surface area (Å²) in [6.45, 7) is 7.03. The van der Waals surface area contributed by atoms with E-state index in [-0.39, 0.29) is 12.1 Å². The van der Waals surface area contributed by atoms with Crippen molar-refractivity contribution in [1.82, 2.24) is 9.88 Å². The maximum Gasteiger partial charge on any atom is 0.120 e. The molecule has 0 aliphatic carbocycles. The van der Waals surface area contributed by atoms with Crippen LogP contribution in [-0.2, 0) is 13.6 Å². The van der Waals surface area contributed by atoms with Crippen LogP contribution in [0.2, 0.25) is 0 Å². The highest BCUT2D eigenvalue weighted by Gasteiger charge is 2.17. The Kier molecular flexibility index (Phi) is 4.33. The monoisotopic (exact) mass is 235 g/mol. The van der Waals surface area contributed by atoms with Crippen molar-refractivity contribution in [2.45, 2.75) is 39.3 Å². The van der Waals surface area contributed by atoms with Gasteiger partial charge in [0.05, 0.1) is 0 Å². The number of aromatic nitrogens is 1. The molecule has 0 aliphatic rings. The molecule has 0 saturated carbocycles. The minimum absolute atomic E-state index is 0.0934. The number of hydrogen-bond acceptors (Lipinski definition) is 3. The van der Waals surface area contributed by atoms with Crippen molar-refractivity contribution in [2.24, 2.45) is 7.05 Å². The van der Waals surface area contributed by atoms with Crippen LogP contribution in [0.3, 0.4) is 0 Å². The molecule has 2 N–H and O–H groups in total. The molecule has 4 heteroatoms. The van der Waals surface area contributed by atoms with Gasteiger partial charge in [0.1, 0.15) is 11.8 Å². The topological polar surface area (TPSA) is 61.0 Å². The maximum atomic E-state index is 8.95. The molecule has 4 nitrogen and oxygen atoms in total. The zero-order valence-corrected chi connectivity index (χ0v) is 11.0. The number of aliphatic hydroxyl groups excluding tert-OH is 1. The fourth-order valence-electron chi connectivity index (χ4n) is 1.75. The van der Waals surface area contributed by atoms with Crippen molar-refractivity contribution in [2.75, 3.05) is 6.61 Å².